The summed E-state index contributed by atoms with van der Waals surface area (Å²) in [7, 11) is 4.03. The van der Waals surface area contributed by atoms with Crippen molar-refractivity contribution in [2.75, 3.05) is 43.1 Å². The quantitative estimate of drug-likeness (QED) is 0.431. The summed E-state index contributed by atoms with van der Waals surface area (Å²) in [6, 6.07) is 8.08. The molecule has 11 heteroatoms. The Morgan fingerprint density at radius 3 is 2.35 bits per heavy atom. The second kappa shape index (κ2) is 12.8. The van der Waals surface area contributed by atoms with Crippen LogP contribution in [0.25, 0.3) is 0 Å². The van der Waals surface area contributed by atoms with E-state index in [1.807, 2.05) is 27.1 Å². The molecule has 0 saturated carbocycles. The average molecular weight is 469 g/mol. The molecule has 1 aromatic carbocycles. The number of hydrogen-bond acceptors (Lipinski definition) is 8. The van der Waals surface area contributed by atoms with Crippen molar-refractivity contribution in [3.8, 4) is 0 Å². The van der Waals surface area contributed by atoms with Gasteiger partial charge in [-0.3, -0.25) is 4.98 Å². The maximum absolute atomic E-state index is 13.2. The smallest absolute Gasteiger partial charge is 0.227 e. The first-order valence-electron chi connectivity index (χ1n) is 9.32. The number of anilines is 4. The van der Waals surface area contributed by atoms with E-state index in [1.165, 1.54) is 12.1 Å². The molecule has 0 aliphatic rings. The van der Waals surface area contributed by atoms with Crippen molar-refractivity contribution in [3.05, 3.63) is 60.3 Å². The van der Waals surface area contributed by atoms with Gasteiger partial charge >= 0.3 is 0 Å². The summed E-state index contributed by atoms with van der Waals surface area (Å²) >= 11 is 0. The zero-order valence-corrected chi connectivity index (χ0v) is 19.2. The van der Waals surface area contributed by atoms with Crippen LogP contribution in [0.2, 0.25) is 0 Å². The van der Waals surface area contributed by atoms with Crippen molar-refractivity contribution in [2.24, 2.45) is 0 Å². The molecule has 8 nitrogen and oxygen atoms in total. The van der Waals surface area contributed by atoms with Crippen molar-refractivity contribution in [2.45, 2.75) is 13.0 Å². The van der Waals surface area contributed by atoms with Gasteiger partial charge in [0.1, 0.15) is 23.3 Å². The van der Waals surface area contributed by atoms with Crippen LogP contribution in [0.5, 0.6) is 0 Å². The van der Waals surface area contributed by atoms with E-state index in [2.05, 4.69) is 40.8 Å². The molecule has 0 aliphatic heterocycles. The first-order chi connectivity index (χ1) is 14.0. The summed E-state index contributed by atoms with van der Waals surface area (Å²) in [6.07, 6.45) is 4.84. The van der Waals surface area contributed by atoms with E-state index in [4.69, 9.17) is 0 Å². The van der Waals surface area contributed by atoms with Crippen LogP contribution in [0.15, 0.2) is 48.9 Å². The Labute approximate surface area is 193 Å². The topological polar surface area (TPSA) is 90.9 Å². The Balaban J connectivity index is 0.00000240. The Kier molecular flexibility index (Phi) is 10.9. The van der Waals surface area contributed by atoms with Gasteiger partial charge in [0.05, 0.1) is 12.2 Å². The van der Waals surface area contributed by atoms with Crippen LogP contribution in [-0.2, 0) is 0 Å². The van der Waals surface area contributed by atoms with Crippen molar-refractivity contribution in [1.82, 2.24) is 24.8 Å². The van der Waals surface area contributed by atoms with Gasteiger partial charge in [0, 0.05) is 31.5 Å². The van der Waals surface area contributed by atoms with Crippen LogP contribution in [0.4, 0.5) is 27.8 Å². The van der Waals surface area contributed by atoms with Crippen molar-refractivity contribution in [1.29, 1.82) is 0 Å². The lowest BCUT2D eigenvalue weighted by atomic mass is 10.1. The first-order valence-corrected chi connectivity index (χ1v) is 9.32. The van der Waals surface area contributed by atoms with E-state index >= 15 is 0 Å². The van der Waals surface area contributed by atoms with E-state index in [9.17, 15) is 4.39 Å². The van der Waals surface area contributed by atoms with Gasteiger partial charge in [-0.2, -0.15) is 9.97 Å². The molecular formula is C20H27Cl2FN8. The monoisotopic (exact) mass is 468 g/mol. The van der Waals surface area contributed by atoms with Gasteiger partial charge in [-0.15, -0.1) is 24.8 Å². The zero-order chi connectivity index (χ0) is 20.6. The molecule has 0 amide bonds. The fraction of sp³-hybridized carbons (Fsp3) is 0.300. The van der Waals surface area contributed by atoms with Gasteiger partial charge in [0.2, 0.25) is 5.95 Å². The molecular weight excluding hydrogens is 442 g/mol. The van der Waals surface area contributed by atoms with E-state index in [-0.39, 0.29) is 36.7 Å². The summed E-state index contributed by atoms with van der Waals surface area (Å²) in [5.74, 6) is 2.04. The van der Waals surface area contributed by atoms with Gasteiger partial charge in [-0.1, -0.05) is 12.1 Å². The summed E-state index contributed by atoms with van der Waals surface area (Å²) < 4.78 is 13.2. The van der Waals surface area contributed by atoms with Crippen molar-refractivity contribution >= 4 is 48.2 Å². The number of nitrogens with one attached hydrogen (secondary N) is 3. The highest BCUT2D eigenvalue weighted by Gasteiger charge is 2.11. The largest absolute Gasteiger partial charge is 0.369 e. The Bertz CT molecular complexity index is 913. The third-order valence-electron chi connectivity index (χ3n) is 4.13. The standard InChI is InChI=1S/C20H25FN8.2ClH/c1-14(15-4-6-16(21)7-5-15)25-20-27-17(24-10-11-29(2)3)12-18(28-20)26-19-13-22-8-9-23-19;;/h4-9,12-14H,10-11H2,1-3H3,(H3,23,24,25,26,27,28);2*1H/t14-;;/m0../s1. The van der Waals surface area contributed by atoms with Gasteiger partial charge in [-0.05, 0) is 38.7 Å². The Hall–Kier alpha value is -2.75. The molecule has 0 unspecified atom stereocenters. The molecule has 0 spiro atoms. The third kappa shape index (κ3) is 8.49. The minimum absolute atomic E-state index is 0. The van der Waals surface area contributed by atoms with E-state index < -0.39 is 0 Å². The molecule has 0 aliphatic carbocycles. The van der Waals surface area contributed by atoms with Gasteiger partial charge in [0.25, 0.3) is 0 Å². The summed E-state index contributed by atoms with van der Waals surface area (Å²) in [6.45, 7) is 3.58. The zero-order valence-electron chi connectivity index (χ0n) is 17.5. The molecule has 3 aromatic rings. The van der Waals surface area contributed by atoms with Crippen molar-refractivity contribution in [3.63, 3.8) is 0 Å². The minimum atomic E-state index is -0.264. The number of nitrogens with zero attached hydrogens (tertiary/aromatic N) is 5. The molecule has 3 N–H and O–H groups in total. The third-order valence-corrected chi connectivity index (χ3v) is 4.13. The van der Waals surface area contributed by atoms with Crippen LogP contribution in [0.1, 0.15) is 18.5 Å². The fourth-order valence-corrected chi connectivity index (χ4v) is 2.60. The Morgan fingerprint density at radius 1 is 1.00 bits per heavy atom. The molecule has 1 atom stereocenters. The second-order valence-electron chi connectivity index (χ2n) is 6.83. The van der Waals surface area contributed by atoms with Crippen LogP contribution in [-0.4, -0.2) is 52.0 Å². The molecule has 3 rings (SSSR count). The highest BCUT2D eigenvalue weighted by Crippen LogP contribution is 2.21. The highest BCUT2D eigenvalue weighted by atomic mass is 35.5. The minimum Gasteiger partial charge on any atom is -0.369 e. The number of aromatic nitrogens is 4. The van der Waals surface area contributed by atoms with Crippen LogP contribution in [0.3, 0.4) is 0 Å². The van der Waals surface area contributed by atoms with E-state index in [1.54, 1.807) is 30.7 Å². The number of hydrogen-bond donors (Lipinski definition) is 3. The lowest BCUT2D eigenvalue weighted by Crippen LogP contribution is -2.21. The predicted octanol–water partition coefficient (Wildman–Crippen LogP) is 4.14. The Morgan fingerprint density at radius 2 is 1.71 bits per heavy atom. The van der Waals surface area contributed by atoms with E-state index in [0.29, 0.717) is 23.4 Å². The molecule has 2 heterocycles. The van der Waals surface area contributed by atoms with Gasteiger partial charge in [-0.25, -0.2) is 9.37 Å². The normalized spacial score (nSPS) is 11.1. The summed E-state index contributed by atoms with van der Waals surface area (Å²) in [5, 5.41) is 9.72. The lowest BCUT2D eigenvalue weighted by Gasteiger charge is -2.17. The predicted molar refractivity (Wildman–Crippen MR) is 127 cm³/mol. The number of halogens is 3. The molecule has 168 valence electrons. The van der Waals surface area contributed by atoms with Crippen molar-refractivity contribution < 1.29 is 4.39 Å². The molecule has 2 aromatic heterocycles. The van der Waals surface area contributed by atoms with E-state index in [0.717, 1.165) is 18.7 Å². The molecule has 0 fully saturated rings. The maximum Gasteiger partial charge on any atom is 0.227 e. The summed E-state index contributed by atoms with van der Waals surface area (Å²) in [4.78, 5) is 19.4. The van der Waals surface area contributed by atoms with Crippen LogP contribution in [0, 0.1) is 5.82 Å². The number of benzene rings is 1. The van der Waals surface area contributed by atoms with Gasteiger partial charge < -0.3 is 20.9 Å². The van der Waals surface area contributed by atoms with Gasteiger partial charge in [0.15, 0.2) is 0 Å². The lowest BCUT2D eigenvalue weighted by molar-refractivity contribution is 0.425. The first kappa shape index (κ1) is 26.3. The number of likely N-dealkylation sites (N-methyl/N-ethyl adjacent to an activating group) is 1. The van der Waals surface area contributed by atoms with Crippen LogP contribution >= 0.6 is 24.8 Å². The SMILES string of the molecule is C[C@H](Nc1nc(NCCN(C)C)cc(Nc2cnccn2)n1)c1ccc(F)cc1.Cl.Cl. The molecule has 0 saturated heterocycles. The summed E-state index contributed by atoms with van der Waals surface area (Å²) in [5.41, 5.74) is 0.935. The molecule has 0 bridgehead atoms. The average Bonchev–Trinajstić information content (AvgIpc) is 2.69. The molecule has 31 heavy (non-hydrogen) atoms. The highest BCUT2D eigenvalue weighted by molar-refractivity contribution is 5.85. The fourth-order valence-electron chi connectivity index (χ4n) is 2.60. The van der Waals surface area contributed by atoms with Crippen LogP contribution < -0.4 is 16.0 Å². The maximum atomic E-state index is 13.2. The number of rotatable bonds is 9. The molecule has 0 radical (unpaired) electrons. The second-order valence-corrected chi connectivity index (χ2v) is 6.83.